The van der Waals surface area contributed by atoms with Gasteiger partial charge in [-0.1, -0.05) is 0 Å². The Morgan fingerprint density at radius 3 is 2.67 bits per heavy atom. The standard InChI is InChI=1S/C6H12N2O4/c1-2-11-6(10)8-12-4-3-5(7)9/h2-4H2,1H3,(H2,7,9)(H,8,10). The number of hydroxylamine groups is 1. The maximum Gasteiger partial charge on any atom is 0.431 e. The fourth-order valence-corrected chi connectivity index (χ4v) is 0.422. The minimum atomic E-state index is -0.679. The van der Waals surface area contributed by atoms with Crippen molar-refractivity contribution in [3.8, 4) is 0 Å². The second-order valence-corrected chi connectivity index (χ2v) is 1.89. The smallest absolute Gasteiger partial charge is 0.431 e. The van der Waals surface area contributed by atoms with Crippen LogP contribution in [0.2, 0.25) is 0 Å². The molecule has 0 aliphatic rings. The van der Waals surface area contributed by atoms with Crippen molar-refractivity contribution < 1.29 is 19.2 Å². The molecule has 0 bridgehead atoms. The van der Waals surface area contributed by atoms with E-state index in [1.165, 1.54) is 0 Å². The first-order valence-electron chi connectivity index (χ1n) is 3.49. The lowest BCUT2D eigenvalue weighted by atomic mass is 10.4. The second kappa shape index (κ2) is 6.41. The van der Waals surface area contributed by atoms with Gasteiger partial charge in [0.2, 0.25) is 5.91 Å². The number of rotatable bonds is 5. The van der Waals surface area contributed by atoms with Gasteiger partial charge in [-0.3, -0.25) is 9.63 Å². The van der Waals surface area contributed by atoms with Gasteiger partial charge in [0.1, 0.15) is 0 Å². The van der Waals surface area contributed by atoms with E-state index in [4.69, 9.17) is 5.73 Å². The number of ether oxygens (including phenoxy) is 1. The summed E-state index contributed by atoms with van der Waals surface area (Å²) >= 11 is 0. The summed E-state index contributed by atoms with van der Waals surface area (Å²) in [4.78, 5) is 25.2. The molecule has 0 saturated heterocycles. The van der Waals surface area contributed by atoms with Gasteiger partial charge in [-0.15, -0.1) is 0 Å². The van der Waals surface area contributed by atoms with Gasteiger partial charge in [0.15, 0.2) is 0 Å². The predicted molar refractivity (Wildman–Crippen MR) is 39.9 cm³/mol. The molecule has 0 aromatic rings. The Morgan fingerprint density at radius 1 is 1.50 bits per heavy atom. The molecule has 0 aromatic carbocycles. The van der Waals surface area contributed by atoms with Gasteiger partial charge in [-0.2, -0.15) is 5.48 Å². The van der Waals surface area contributed by atoms with Gasteiger partial charge in [-0.05, 0) is 6.92 Å². The van der Waals surface area contributed by atoms with E-state index in [0.717, 1.165) is 0 Å². The summed E-state index contributed by atoms with van der Waals surface area (Å²) in [5.41, 5.74) is 6.78. The molecule has 2 amide bonds. The summed E-state index contributed by atoms with van der Waals surface area (Å²) in [5.74, 6) is -0.486. The zero-order chi connectivity index (χ0) is 9.40. The number of nitrogens with two attached hydrogens (primary N) is 1. The Hall–Kier alpha value is -1.30. The van der Waals surface area contributed by atoms with E-state index in [1.54, 1.807) is 6.92 Å². The van der Waals surface area contributed by atoms with Gasteiger partial charge in [0.05, 0.1) is 19.6 Å². The van der Waals surface area contributed by atoms with E-state index in [0.29, 0.717) is 0 Å². The Bertz CT molecular complexity index is 160. The summed E-state index contributed by atoms with van der Waals surface area (Å²) in [6, 6.07) is 0. The third-order valence-corrected chi connectivity index (χ3v) is 0.881. The Morgan fingerprint density at radius 2 is 2.17 bits per heavy atom. The number of nitrogens with one attached hydrogen (secondary N) is 1. The van der Waals surface area contributed by atoms with Crippen molar-refractivity contribution in [1.29, 1.82) is 0 Å². The fourth-order valence-electron chi connectivity index (χ4n) is 0.422. The molecule has 0 rings (SSSR count). The van der Waals surface area contributed by atoms with Crippen LogP contribution in [0.1, 0.15) is 13.3 Å². The van der Waals surface area contributed by atoms with Crippen molar-refractivity contribution in [3.63, 3.8) is 0 Å². The predicted octanol–water partition coefficient (Wildman–Crippen LogP) is -0.461. The third kappa shape index (κ3) is 6.81. The lowest BCUT2D eigenvalue weighted by Gasteiger charge is -2.03. The van der Waals surface area contributed by atoms with Crippen molar-refractivity contribution in [2.75, 3.05) is 13.2 Å². The molecule has 0 fully saturated rings. The van der Waals surface area contributed by atoms with Crippen LogP contribution in [0, 0.1) is 0 Å². The van der Waals surface area contributed by atoms with Gasteiger partial charge in [0, 0.05) is 0 Å². The normalized spacial score (nSPS) is 9.08. The van der Waals surface area contributed by atoms with Gasteiger partial charge in [-0.25, -0.2) is 4.79 Å². The molecule has 0 saturated carbocycles. The maximum absolute atomic E-state index is 10.5. The quantitative estimate of drug-likeness (QED) is 0.438. The van der Waals surface area contributed by atoms with Gasteiger partial charge >= 0.3 is 6.09 Å². The number of hydrogen-bond acceptors (Lipinski definition) is 4. The Balaban J connectivity index is 3.19. The SMILES string of the molecule is CCOC(=O)NOCCC(N)=O. The van der Waals surface area contributed by atoms with E-state index in [9.17, 15) is 9.59 Å². The first kappa shape index (κ1) is 10.7. The number of primary amides is 1. The van der Waals surface area contributed by atoms with Crippen LogP contribution in [-0.2, 0) is 14.4 Å². The number of hydrogen-bond donors (Lipinski definition) is 2. The fraction of sp³-hybridized carbons (Fsp3) is 0.667. The molecule has 0 spiro atoms. The van der Waals surface area contributed by atoms with Crippen molar-refractivity contribution >= 4 is 12.0 Å². The van der Waals surface area contributed by atoms with Gasteiger partial charge in [0.25, 0.3) is 0 Å². The van der Waals surface area contributed by atoms with Crippen LogP contribution in [0.25, 0.3) is 0 Å². The zero-order valence-corrected chi connectivity index (χ0v) is 6.83. The molecule has 6 heteroatoms. The molecule has 0 aliphatic heterocycles. The van der Waals surface area contributed by atoms with Gasteiger partial charge < -0.3 is 10.5 Å². The van der Waals surface area contributed by atoms with E-state index in [2.05, 4.69) is 9.57 Å². The average molecular weight is 176 g/mol. The highest BCUT2D eigenvalue weighted by Gasteiger charge is 1.99. The minimum absolute atomic E-state index is 0.0497. The highest BCUT2D eigenvalue weighted by molar-refractivity contribution is 5.73. The summed E-state index contributed by atoms with van der Waals surface area (Å²) < 4.78 is 4.46. The van der Waals surface area contributed by atoms with Crippen LogP contribution in [0.4, 0.5) is 4.79 Å². The topological polar surface area (TPSA) is 90.7 Å². The number of amides is 2. The second-order valence-electron chi connectivity index (χ2n) is 1.89. The zero-order valence-electron chi connectivity index (χ0n) is 6.83. The Kier molecular flexibility index (Phi) is 5.72. The summed E-state index contributed by atoms with van der Waals surface area (Å²) in [6.07, 6.45) is -0.617. The lowest BCUT2D eigenvalue weighted by molar-refractivity contribution is -0.119. The summed E-state index contributed by atoms with van der Waals surface area (Å²) in [6.45, 7) is 1.99. The van der Waals surface area contributed by atoms with Crippen molar-refractivity contribution in [3.05, 3.63) is 0 Å². The van der Waals surface area contributed by atoms with Crippen LogP contribution in [-0.4, -0.2) is 25.2 Å². The largest absolute Gasteiger partial charge is 0.448 e. The van der Waals surface area contributed by atoms with Crippen molar-refractivity contribution in [2.24, 2.45) is 5.73 Å². The molecular weight excluding hydrogens is 164 g/mol. The molecule has 12 heavy (non-hydrogen) atoms. The monoisotopic (exact) mass is 176 g/mol. The third-order valence-electron chi connectivity index (χ3n) is 0.881. The minimum Gasteiger partial charge on any atom is -0.448 e. The van der Waals surface area contributed by atoms with Crippen LogP contribution < -0.4 is 11.2 Å². The molecule has 0 atom stereocenters. The molecular formula is C6H12N2O4. The highest BCUT2D eigenvalue weighted by Crippen LogP contribution is 1.80. The lowest BCUT2D eigenvalue weighted by Crippen LogP contribution is -2.26. The Labute approximate surface area is 70.0 Å². The molecule has 6 nitrogen and oxygen atoms in total. The average Bonchev–Trinajstić information content (AvgIpc) is 1.98. The first-order chi connectivity index (χ1) is 5.66. The van der Waals surface area contributed by atoms with Crippen LogP contribution >= 0.6 is 0 Å². The maximum atomic E-state index is 10.5. The summed E-state index contributed by atoms with van der Waals surface area (Å²) in [7, 11) is 0. The summed E-state index contributed by atoms with van der Waals surface area (Å²) in [5, 5.41) is 0. The molecule has 0 radical (unpaired) electrons. The molecule has 0 heterocycles. The number of carbonyl (C=O) groups is 2. The number of carbonyl (C=O) groups excluding carboxylic acids is 2. The molecule has 3 N–H and O–H groups in total. The molecule has 0 aromatic heterocycles. The highest BCUT2D eigenvalue weighted by atomic mass is 16.7. The van der Waals surface area contributed by atoms with E-state index >= 15 is 0 Å². The first-order valence-corrected chi connectivity index (χ1v) is 3.49. The van der Waals surface area contributed by atoms with Crippen LogP contribution in [0.15, 0.2) is 0 Å². The van der Waals surface area contributed by atoms with Crippen molar-refractivity contribution in [2.45, 2.75) is 13.3 Å². The van der Waals surface area contributed by atoms with E-state index in [-0.39, 0.29) is 19.6 Å². The molecule has 70 valence electrons. The van der Waals surface area contributed by atoms with E-state index < -0.39 is 12.0 Å². The van der Waals surface area contributed by atoms with Crippen molar-refractivity contribution in [1.82, 2.24) is 5.48 Å². The van der Waals surface area contributed by atoms with E-state index in [1.807, 2.05) is 5.48 Å². The van der Waals surface area contributed by atoms with Crippen LogP contribution in [0.3, 0.4) is 0 Å². The molecule has 0 aliphatic carbocycles. The molecule has 0 unspecified atom stereocenters. The van der Waals surface area contributed by atoms with Crippen LogP contribution in [0.5, 0.6) is 0 Å².